The maximum atomic E-state index is 12.4. The van der Waals surface area contributed by atoms with Crippen LogP contribution in [0.3, 0.4) is 0 Å². The zero-order valence-corrected chi connectivity index (χ0v) is 14.2. The lowest BCUT2D eigenvalue weighted by atomic mass is 9.93. The zero-order chi connectivity index (χ0) is 15.2. The standard InChI is InChI=1S/C16H30N2O2S/c1-3-21-15-8-4-7-14(10-15)17-16(20)18-9-5-6-13(11-18)12(2)19/h12-15,19H,3-11H2,1-2H3,(H,17,20). The molecule has 0 spiro atoms. The van der Waals surface area contributed by atoms with Crippen molar-refractivity contribution < 1.29 is 9.90 Å². The Balaban J connectivity index is 1.80. The van der Waals surface area contributed by atoms with Crippen LogP contribution < -0.4 is 5.32 Å². The number of likely N-dealkylation sites (tertiary alicyclic amines) is 1. The number of aliphatic hydroxyl groups excluding tert-OH is 1. The molecule has 4 unspecified atom stereocenters. The second kappa shape index (κ2) is 8.28. The van der Waals surface area contributed by atoms with Crippen LogP contribution in [0.1, 0.15) is 52.4 Å². The lowest BCUT2D eigenvalue weighted by Gasteiger charge is -2.36. The van der Waals surface area contributed by atoms with Gasteiger partial charge in [-0.1, -0.05) is 13.3 Å². The minimum atomic E-state index is -0.319. The summed E-state index contributed by atoms with van der Waals surface area (Å²) in [6.07, 6.45) is 6.44. The Morgan fingerprint density at radius 1 is 1.38 bits per heavy atom. The number of hydrogen-bond donors (Lipinski definition) is 2. The van der Waals surface area contributed by atoms with Gasteiger partial charge in [-0.05, 0) is 44.8 Å². The fourth-order valence-corrected chi connectivity index (χ4v) is 4.69. The summed E-state index contributed by atoms with van der Waals surface area (Å²) in [5.41, 5.74) is 0. The van der Waals surface area contributed by atoms with Crippen molar-refractivity contribution >= 4 is 17.8 Å². The van der Waals surface area contributed by atoms with E-state index in [4.69, 9.17) is 0 Å². The number of hydrogen-bond acceptors (Lipinski definition) is 3. The van der Waals surface area contributed by atoms with E-state index in [9.17, 15) is 9.90 Å². The number of urea groups is 1. The van der Waals surface area contributed by atoms with Crippen LogP contribution in [0.25, 0.3) is 0 Å². The molecule has 4 nitrogen and oxygen atoms in total. The smallest absolute Gasteiger partial charge is 0.317 e. The third-order valence-corrected chi connectivity index (χ3v) is 6.02. The fourth-order valence-electron chi connectivity index (χ4n) is 3.52. The Morgan fingerprint density at radius 3 is 2.90 bits per heavy atom. The summed E-state index contributed by atoms with van der Waals surface area (Å²) in [7, 11) is 0. The molecule has 0 aromatic carbocycles. The van der Waals surface area contributed by atoms with E-state index in [0.29, 0.717) is 17.8 Å². The highest BCUT2D eigenvalue weighted by Gasteiger charge is 2.29. The third-order valence-electron chi connectivity index (χ3n) is 4.78. The van der Waals surface area contributed by atoms with Crippen molar-refractivity contribution in [1.29, 1.82) is 0 Å². The van der Waals surface area contributed by atoms with Gasteiger partial charge in [0.1, 0.15) is 0 Å². The van der Waals surface area contributed by atoms with Crippen LogP contribution in [0, 0.1) is 5.92 Å². The first-order valence-electron chi connectivity index (χ1n) is 8.45. The van der Waals surface area contributed by atoms with Crippen LogP contribution in [0.5, 0.6) is 0 Å². The van der Waals surface area contributed by atoms with Gasteiger partial charge in [0.15, 0.2) is 0 Å². The molecule has 2 aliphatic rings. The normalized spacial score (nSPS) is 31.8. The van der Waals surface area contributed by atoms with Crippen LogP contribution >= 0.6 is 11.8 Å². The van der Waals surface area contributed by atoms with E-state index in [0.717, 1.165) is 38.0 Å². The van der Waals surface area contributed by atoms with E-state index >= 15 is 0 Å². The van der Waals surface area contributed by atoms with Crippen molar-refractivity contribution in [2.45, 2.75) is 69.8 Å². The minimum absolute atomic E-state index is 0.0764. The number of carbonyl (C=O) groups excluding carboxylic acids is 1. The number of rotatable bonds is 4. The van der Waals surface area contributed by atoms with Gasteiger partial charge in [-0.15, -0.1) is 0 Å². The molecular weight excluding hydrogens is 284 g/mol. The molecule has 2 fully saturated rings. The first-order chi connectivity index (χ1) is 10.1. The van der Waals surface area contributed by atoms with E-state index < -0.39 is 0 Å². The molecule has 0 aromatic heterocycles. The van der Waals surface area contributed by atoms with Gasteiger partial charge in [-0.3, -0.25) is 0 Å². The Labute approximate surface area is 133 Å². The van der Waals surface area contributed by atoms with Crippen molar-refractivity contribution in [3.8, 4) is 0 Å². The summed E-state index contributed by atoms with van der Waals surface area (Å²) in [5, 5.41) is 13.7. The molecule has 122 valence electrons. The van der Waals surface area contributed by atoms with Crippen molar-refractivity contribution in [3.63, 3.8) is 0 Å². The van der Waals surface area contributed by atoms with E-state index in [1.54, 1.807) is 0 Å². The van der Waals surface area contributed by atoms with Gasteiger partial charge < -0.3 is 15.3 Å². The summed E-state index contributed by atoms with van der Waals surface area (Å²) >= 11 is 2.02. The third kappa shape index (κ3) is 5.06. The second-order valence-electron chi connectivity index (χ2n) is 6.48. The van der Waals surface area contributed by atoms with Crippen LogP contribution in [-0.2, 0) is 0 Å². The highest BCUT2D eigenvalue weighted by molar-refractivity contribution is 7.99. The molecule has 0 radical (unpaired) electrons. The topological polar surface area (TPSA) is 52.6 Å². The van der Waals surface area contributed by atoms with E-state index in [1.807, 2.05) is 23.6 Å². The van der Waals surface area contributed by atoms with Gasteiger partial charge in [0.2, 0.25) is 0 Å². The minimum Gasteiger partial charge on any atom is -0.393 e. The highest BCUT2D eigenvalue weighted by Crippen LogP contribution is 2.28. The van der Waals surface area contributed by atoms with Crippen LogP contribution in [0.2, 0.25) is 0 Å². The summed E-state index contributed by atoms with van der Waals surface area (Å²) in [5.74, 6) is 1.40. The molecule has 1 saturated heterocycles. The number of aliphatic hydroxyl groups is 1. The van der Waals surface area contributed by atoms with Gasteiger partial charge in [0.25, 0.3) is 0 Å². The van der Waals surface area contributed by atoms with Crippen LogP contribution in [0.15, 0.2) is 0 Å². The summed E-state index contributed by atoms with van der Waals surface area (Å²) in [6.45, 7) is 5.56. The average molecular weight is 314 g/mol. The van der Waals surface area contributed by atoms with Gasteiger partial charge in [0.05, 0.1) is 6.10 Å². The Morgan fingerprint density at radius 2 is 2.19 bits per heavy atom. The molecule has 2 N–H and O–H groups in total. The molecule has 0 aromatic rings. The average Bonchev–Trinajstić information content (AvgIpc) is 2.48. The van der Waals surface area contributed by atoms with Crippen molar-refractivity contribution in [2.75, 3.05) is 18.8 Å². The highest BCUT2D eigenvalue weighted by atomic mass is 32.2. The Hall–Kier alpha value is -0.420. The predicted octanol–water partition coefficient (Wildman–Crippen LogP) is 2.85. The van der Waals surface area contributed by atoms with Gasteiger partial charge in [-0.2, -0.15) is 11.8 Å². The van der Waals surface area contributed by atoms with E-state index in [1.165, 1.54) is 12.8 Å². The van der Waals surface area contributed by atoms with E-state index in [-0.39, 0.29) is 18.1 Å². The summed E-state index contributed by atoms with van der Waals surface area (Å²) < 4.78 is 0. The number of piperidine rings is 1. The number of amides is 2. The number of thioether (sulfide) groups is 1. The van der Waals surface area contributed by atoms with Crippen LogP contribution in [0.4, 0.5) is 4.79 Å². The van der Waals surface area contributed by atoms with Crippen molar-refractivity contribution in [1.82, 2.24) is 10.2 Å². The molecule has 1 aliphatic carbocycles. The molecule has 0 bridgehead atoms. The van der Waals surface area contributed by atoms with E-state index in [2.05, 4.69) is 12.2 Å². The molecule has 5 heteroatoms. The molecule has 2 rings (SSSR count). The first-order valence-corrected chi connectivity index (χ1v) is 9.50. The van der Waals surface area contributed by atoms with Gasteiger partial charge >= 0.3 is 6.03 Å². The monoisotopic (exact) mass is 314 g/mol. The molecule has 2 amide bonds. The fraction of sp³-hybridized carbons (Fsp3) is 0.938. The maximum Gasteiger partial charge on any atom is 0.317 e. The molecular formula is C16H30N2O2S. The first kappa shape index (κ1) is 16.9. The van der Waals surface area contributed by atoms with Gasteiger partial charge in [0, 0.05) is 30.3 Å². The maximum absolute atomic E-state index is 12.4. The number of nitrogens with one attached hydrogen (secondary N) is 1. The molecule has 4 atom stereocenters. The number of nitrogens with zero attached hydrogens (tertiary/aromatic N) is 1. The zero-order valence-electron chi connectivity index (χ0n) is 13.4. The Kier molecular flexibility index (Phi) is 6.68. The largest absolute Gasteiger partial charge is 0.393 e. The Bertz CT molecular complexity index is 336. The van der Waals surface area contributed by atoms with Crippen molar-refractivity contribution in [2.24, 2.45) is 5.92 Å². The lowest BCUT2D eigenvalue weighted by Crippen LogP contribution is -2.51. The predicted molar refractivity (Wildman–Crippen MR) is 88.7 cm³/mol. The second-order valence-corrected chi connectivity index (χ2v) is 8.06. The lowest BCUT2D eigenvalue weighted by molar-refractivity contribution is 0.0730. The number of carbonyl (C=O) groups is 1. The van der Waals surface area contributed by atoms with Crippen molar-refractivity contribution in [3.05, 3.63) is 0 Å². The quantitative estimate of drug-likeness (QED) is 0.839. The SMILES string of the molecule is CCSC1CCCC(NC(=O)N2CCCC(C(C)O)C2)C1. The van der Waals surface area contributed by atoms with Crippen LogP contribution in [-0.4, -0.2) is 52.3 Å². The molecule has 1 heterocycles. The molecule has 21 heavy (non-hydrogen) atoms. The van der Waals surface area contributed by atoms with Gasteiger partial charge in [-0.25, -0.2) is 4.79 Å². The molecule has 1 aliphatic heterocycles. The molecule has 1 saturated carbocycles. The summed E-state index contributed by atoms with van der Waals surface area (Å²) in [6, 6.07) is 0.412. The summed E-state index contributed by atoms with van der Waals surface area (Å²) in [4.78, 5) is 14.3.